The third-order valence-corrected chi connectivity index (χ3v) is 3.57. The van der Waals surface area contributed by atoms with E-state index in [-0.39, 0.29) is 18.0 Å². The number of anilines is 2. The van der Waals surface area contributed by atoms with Gasteiger partial charge in [-0.25, -0.2) is 14.6 Å². The molecule has 0 aliphatic rings. The molecule has 0 aliphatic carbocycles. The number of ketones is 1. The van der Waals surface area contributed by atoms with Gasteiger partial charge >= 0.3 is 12.1 Å². The molecule has 1 amide bonds. The lowest BCUT2D eigenvalue weighted by atomic mass is 10.2. The summed E-state index contributed by atoms with van der Waals surface area (Å²) < 4.78 is 10.4. The van der Waals surface area contributed by atoms with Gasteiger partial charge in [-0.2, -0.15) is 0 Å². The SMILES string of the molecule is CCOC(=O)C(=O)c1ncccc1NC(=O)OC(C)(C)C.Nc1cccnc1Br. The third kappa shape index (κ3) is 8.69. The van der Waals surface area contributed by atoms with Gasteiger partial charge in [0.2, 0.25) is 0 Å². The molecule has 29 heavy (non-hydrogen) atoms. The first kappa shape index (κ1) is 24.0. The van der Waals surface area contributed by atoms with Crippen molar-refractivity contribution in [3.05, 3.63) is 47.0 Å². The molecule has 0 fully saturated rings. The molecule has 0 aliphatic heterocycles. The first-order valence-corrected chi connectivity index (χ1v) is 9.37. The van der Waals surface area contributed by atoms with Gasteiger partial charge < -0.3 is 15.2 Å². The van der Waals surface area contributed by atoms with E-state index in [1.807, 2.05) is 0 Å². The summed E-state index contributed by atoms with van der Waals surface area (Å²) in [5.41, 5.74) is 5.30. The number of nitrogens with one attached hydrogen (secondary N) is 1. The van der Waals surface area contributed by atoms with Crippen LogP contribution in [0.5, 0.6) is 0 Å². The highest BCUT2D eigenvalue weighted by Gasteiger charge is 2.24. The number of rotatable bonds is 4. The number of nitrogen functional groups attached to an aromatic ring is 1. The molecule has 0 aromatic carbocycles. The number of aromatic nitrogens is 2. The minimum Gasteiger partial charge on any atom is -0.460 e. The number of halogens is 1. The van der Waals surface area contributed by atoms with Crippen molar-refractivity contribution in [2.24, 2.45) is 0 Å². The van der Waals surface area contributed by atoms with Crippen LogP contribution >= 0.6 is 15.9 Å². The summed E-state index contributed by atoms with van der Waals surface area (Å²) in [4.78, 5) is 42.7. The number of Topliss-reactive ketones (excluding diaryl/α,β-unsaturated/α-hetero) is 1. The number of nitrogens with two attached hydrogens (primary N) is 1. The summed E-state index contributed by atoms with van der Waals surface area (Å²) in [7, 11) is 0. The molecule has 0 unspecified atom stereocenters. The fourth-order valence-electron chi connectivity index (χ4n) is 1.79. The number of carbonyl (C=O) groups is 3. The highest BCUT2D eigenvalue weighted by molar-refractivity contribution is 9.10. The van der Waals surface area contributed by atoms with Crippen LogP contribution in [0.1, 0.15) is 38.2 Å². The first-order chi connectivity index (χ1) is 13.5. The predicted molar refractivity (Wildman–Crippen MR) is 111 cm³/mol. The summed E-state index contributed by atoms with van der Waals surface area (Å²) in [6.07, 6.45) is 2.28. The second kappa shape index (κ2) is 11.1. The Morgan fingerprint density at radius 2 is 1.76 bits per heavy atom. The first-order valence-electron chi connectivity index (χ1n) is 8.57. The van der Waals surface area contributed by atoms with Crippen LogP contribution in [0, 0.1) is 0 Å². The minimum absolute atomic E-state index is 0.0756. The fraction of sp³-hybridized carbons (Fsp3) is 0.316. The van der Waals surface area contributed by atoms with Crippen LogP contribution in [0.25, 0.3) is 0 Å². The van der Waals surface area contributed by atoms with E-state index in [1.165, 1.54) is 18.3 Å². The van der Waals surface area contributed by atoms with Crippen LogP contribution in [-0.4, -0.2) is 40.0 Å². The Kier molecular flexibility index (Phi) is 9.20. The molecule has 9 nitrogen and oxygen atoms in total. The summed E-state index contributed by atoms with van der Waals surface area (Å²) in [5, 5.41) is 2.39. The quantitative estimate of drug-likeness (QED) is 0.302. The molecule has 10 heteroatoms. The van der Waals surface area contributed by atoms with Gasteiger partial charge in [0.25, 0.3) is 5.78 Å². The predicted octanol–water partition coefficient (Wildman–Crippen LogP) is 3.60. The second-order valence-corrected chi connectivity index (χ2v) is 7.21. The Hall–Kier alpha value is -3.01. The van der Waals surface area contributed by atoms with Crippen molar-refractivity contribution in [1.29, 1.82) is 0 Å². The van der Waals surface area contributed by atoms with Crippen LogP contribution in [-0.2, 0) is 14.3 Å². The Balaban J connectivity index is 0.000000436. The lowest BCUT2D eigenvalue weighted by Gasteiger charge is -2.20. The number of nitrogens with zero attached hydrogens (tertiary/aromatic N) is 2. The molecule has 3 N–H and O–H groups in total. The van der Waals surface area contributed by atoms with Crippen molar-refractivity contribution in [2.45, 2.75) is 33.3 Å². The lowest BCUT2D eigenvalue weighted by Crippen LogP contribution is -2.28. The standard InChI is InChI=1S/C14H18N2O5.C5H5BrN2/c1-5-20-12(18)11(17)10-9(7-6-8-15-10)16-13(19)21-14(2,3)4;6-5-4(7)2-1-3-8-5/h6-8H,5H2,1-4H3,(H,16,19);1-3H,7H2. The molecule has 156 valence electrons. The molecule has 0 saturated carbocycles. The maximum atomic E-state index is 11.9. The van der Waals surface area contributed by atoms with Gasteiger partial charge in [-0.1, -0.05) is 0 Å². The van der Waals surface area contributed by atoms with Gasteiger partial charge in [0.05, 0.1) is 18.0 Å². The molecule has 0 saturated heterocycles. The summed E-state index contributed by atoms with van der Waals surface area (Å²) in [6, 6.07) is 6.55. The Labute approximate surface area is 177 Å². The number of pyridine rings is 2. The van der Waals surface area contributed by atoms with E-state index in [0.29, 0.717) is 10.3 Å². The smallest absolute Gasteiger partial charge is 0.412 e. The number of hydrogen-bond acceptors (Lipinski definition) is 8. The molecule has 2 aromatic heterocycles. The van der Waals surface area contributed by atoms with Gasteiger partial charge in [-0.15, -0.1) is 0 Å². The molecule has 2 heterocycles. The zero-order chi connectivity index (χ0) is 22.0. The lowest BCUT2D eigenvalue weighted by molar-refractivity contribution is -0.137. The summed E-state index contributed by atoms with van der Waals surface area (Å²) >= 11 is 3.16. The average Bonchev–Trinajstić information content (AvgIpc) is 2.63. The Bertz CT molecular complexity index is 847. The number of carbonyl (C=O) groups excluding carboxylic acids is 3. The van der Waals surface area contributed by atoms with Crippen molar-refractivity contribution in [2.75, 3.05) is 17.7 Å². The molecule has 0 atom stereocenters. The maximum absolute atomic E-state index is 11.9. The van der Waals surface area contributed by atoms with Crippen molar-refractivity contribution in [1.82, 2.24) is 9.97 Å². The van der Waals surface area contributed by atoms with Gasteiger partial charge in [0.15, 0.2) is 0 Å². The fourth-order valence-corrected chi connectivity index (χ4v) is 2.04. The molecule has 2 aromatic rings. The third-order valence-electron chi connectivity index (χ3n) is 2.91. The summed E-state index contributed by atoms with van der Waals surface area (Å²) in [6.45, 7) is 6.79. The number of esters is 1. The molecular formula is C19H23BrN4O5. The monoisotopic (exact) mass is 466 g/mol. The normalized spacial score (nSPS) is 10.2. The number of ether oxygens (including phenoxy) is 2. The van der Waals surface area contributed by atoms with Crippen molar-refractivity contribution < 1.29 is 23.9 Å². The van der Waals surface area contributed by atoms with Crippen LogP contribution in [0.4, 0.5) is 16.2 Å². The van der Waals surface area contributed by atoms with E-state index in [9.17, 15) is 14.4 Å². The van der Waals surface area contributed by atoms with Crippen molar-refractivity contribution in [3.63, 3.8) is 0 Å². The van der Waals surface area contributed by atoms with E-state index < -0.39 is 23.4 Å². The second-order valence-electron chi connectivity index (χ2n) is 6.46. The van der Waals surface area contributed by atoms with Crippen LogP contribution < -0.4 is 11.1 Å². The van der Waals surface area contributed by atoms with Gasteiger partial charge in [-0.3, -0.25) is 15.1 Å². The zero-order valence-corrected chi connectivity index (χ0v) is 18.1. The van der Waals surface area contributed by atoms with Crippen molar-refractivity contribution >= 4 is 45.2 Å². The summed E-state index contributed by atoms with van der Waals surface area (Å²) in [5.74, 6) is -1.95. The van der Waals surface area contributed by atoms with Gasteiger partial charge in [-0.05, 0) is 67.9 Å². The van der Waals surface area contributed by atoms with Gasteiger partial charge in [0, 0.05) is 12.4 Å². The average molecular weight is 467 g/mol. The van der Waals surface area contributed by atoms with Crippen LogP contribution in [0.15, 0.2) is 41.3 Å². The molecule has 0 spiro atoms. The molecule has 0 radical (unpaired) electrons. The largest absolute Gasteiger partial charge is 0.460 e. The minimum atomic E-state index is -1.02. The van der Waals surface area contributed by atoms with E-state index in [0.717, 1.165) is 0 Å². The Morgan fingerprint density at radius 3 is 2.28 bits per heavy atom. The molecule has 0 bridgehead atoms. The topological polar surface area (TPSA) is 134 Å². The van der Waals surface area contributed by atoms with Crippen LogP contribution in [0.2, 0.25) is 0 Å². The maximum Gasteiger partial charge on any atom is 0.412 e. The number of amides is 1. The van der Waals surface area contributed by atoms with E-state index in [1.54, 1.807) is 46.0 Å². The molecule has 2 rings (SSSR count). The van der Waals surface area contributed by atoms with E-state index in [4.69, 9.17) is 10.5 Å². The highest BCUT2D eigenvalue weighted by atomic mass is 79.9. The molecular weight excluding hydrogens is 444 g/mol. The number of hydrogen-bond donors (Lipinski definition) is 2. The highest BCUT2D eigenvalue weighted by Crippen LogP contribution is 2.16. The van der Waals surface area contributed by atoms with Crippen molar-refractivity contribution in [3.8, 4) is 0 Å². The van der Waals surface area contributed by atoms with Gasteiger partial charge in [0.1, 0.15) is 15.9 Å². The zero-order valence-electron chi connectivity index (χ0n) is 16.6. The van der Waals surface area contributed by atoms with E-state index in [2.05, 4.69) is 36.0 Å². The Morgan fingerprint density at radius 1 is 1.14 bits per heavy atom. The van der Waals surface area contributed by atoms with E-state index >= 15 is 0 Å². The van der Waals surface area contributed by atoms with Crippen LogP contribution in [0.3, 0.4) is 0 Å².